The maximum Gasteiger partial charge on any atom is 0.325 e. The van der Waals surface area contributed by atoms with Gasteiger partial charge in [0.25, 0.3) is 0 Å². The fraction of sp³-hybridized carbons (Fsp3) is 0.484. The molecule has 1 N–H and O–H groups in total. The SMILES string of the molecule is CCOC(=O)CN(CC(=O)OCC)c1ccc(C)cc1OCCOc1ccc(O)cc1N(CC(=O)OCC)CC(=O)OCC. The zero-order valence-corrected chi connectivity index (χ0v) is 26.0. The molecule has 2 aromatic carbocycles. The van der Waals surface area contributed by atoms with E-state index in [-0.39, 0.29) is 83.0 Å². The van der Waals surface area contributed by atoms with Gasteiger partial charge in [0, 0.05) is 6.07 Å². The van der Waals surface area contributed by atoms with E-state index in [1.807, 2.05) is 13.0 Å². The molecular weight excluding hydrogens is 576 g/mol. The molecular formula is C31H42N2O11. The number of phenolic OH excluding ortho intramolecular Hbond substituents is 1. The Kier molecular flexibility index (Phi) is 15.2. The number of carbonyl (C=O) groups is 4. The van der Waals surface area contributed by atoms with E-state index in [0.717, 1.165) is 5.56 Å². The molecule has 0 spiro atoms. The van der Waals surface area contributed by atoms with E-state index in [0.29, 0.717) is 11.4 Å². The van der Waals surface area contributed by atoms with Crippen molar-refractivity contribution in [3.63, 3.8) is 0 Å². The fourth-order valence-electron chi connectivity index (χ4n) is 4.08. The second-order valence-electron chi connectivity index (χ2n) is 9.25. The first-order valence-corrected chi connectivity index (χ1v) is 14.4. The van der Waals surface area contributed by atoms with Crippen molar-refractivity contribution < 1.29 is 52.7 Å². The van der Waals surface area contributed by atoms with Crippen LogP contribution in [0.1, 0.15) is 33.3 Å². The number of benzene rings is 2. The minimum atomic E-state index is -0.573. The maximum absolute atomic E-state index is 12.3. The fourth-order valence-corrected chi connectivity index (χ4v) is 4.08. The summed E-state index contributed by atoms with van der Waals surface area (Å²) in [4.78, 5) is 52.2. The van der Waals surface area contributed by atoms with Gasteiger partial charge in [0.2, 0.25) is 0 Å². The number of ether oxygens (including phenoxy) is 6. The van der Waals surface area contributed by atoms with Crippen LogP contribution in [0.2, 0.25) is 0 Å². The molecule has 0 aliphatic rings. The lowest BCUT2D eigenvalue weighted by Gasteiger charge is -2.26. The average molecular weight is 619 g/mol. The van der Waals surface area contributed by atoms with Crippen molar-refractivity contribution >= 4 is 35.3 Å². The van der Waals surface area contributed by atoms with E-state index in [4.69, 9.17) is 28.4 Å². The molecule has 2 rings (SSSR count). The molecule has 2 aromatic rings. The van der Waals surface area contributed by atoms with Crippen LogP contribution in [-0.4, -0.2) is 94.8 Å². The van der Waals surface area contributed by atoms with Crippen molar-refractivity contribution in [2.45, 2.75) is 34.6 Å². The van der Waals surface area contributed by atoms with Crippen LogP contribution in [0.4, 0.5) is 11.4 Å². The summed E-state index contributed by atoms with van der Waals surface area (Å²) in [5, 5.41) is 10.2. The summed E-state index contributed by atoms with van der Waals surface area (Å²) >= 11 is 0. The molecule has 0 saturated carbocycles. The van der Waals surface area contributed by atoms with Gasteiger partial charge in [-0.3, -0.25) is 19.2 Å². The summed E-state index contributed by atoms with van der Waals surface area (Å²) in [5.41, 5.74) is 1.64. The molecule has 13 nitrogen and oxygen atoms in total. The Morgan fingerprint density at radius 1 is 0.591 bits per heavy atom. The van der Waals surface area contributed by atoms with Gasteiger partial charge in [-0.1, -0.05) is 6.07 Å². The molecule has 0 atom stereocenters. The maximum atomic E-state index is 12.3. The number of esters is 4. The first-order chi connectivity index (χ1) is 21.1. The van der Waals surface area contributed by atoms with Crippen LogP contribution in [-0.2, 0) is 38.1 Å². The monoisotopic (exact) mass is 618 g/mol. The van der Waals surface area contributed by atoms with Crippen molar-refractivity contribution in [2.24, 2.45) is 0 Å². The Bertz CT molecular complexity index is 1210. The third-order valence-electron chi connectivity index (χ3n) is 5.84. The topological polar surface area (TPSA) is 150 Å². The smallest absolute Gasteiger partial charge is 0.325 e. The summed E-state index contributed by atoms with van der Waals surface area (Å²) in [6, 6.07) is 9.62. The largest absolute Gasteiger partial charge is 0.508 e. The molecule has 44 heavy (non-hydrogen) atoms. The number of phenols is 1. The van der Waals surface area contributed by atoms with Crippen LogP contribution in [0.25, 0.3) is 0 Å². The van der Waals surface area contributed by atoms with E-state index in [9.17, 15) is 24.3 Å². The molecule has 0 aliphatic heterocycles. The van der Waals surface area contributed by atoms with E-state index >= 15 is 0 Å². The Balaban J connectivity index is 2.25. The first kappa shape index (κ1) is 35.5. The number of aryl methyl sites for hydroxylation is 1. The van der Waals surface area contributed by atoms with Crippen molar-refractivity contribution in [1.82, 2.24) is 0 Å². The van der Waals surface area contributed by atoms with Gasteiger partial charge in [0.1, 0.15) is 56.6 Å². The molecule has 0 amide bonds. The summed E-state index contributed by atoms with van der Waals surface area (Å²) < 4.78 is 32.3. The summed E-state index contributed by atoms with van der Waals surface area (Å²) in [6.07, 6.45) is 0. The Hall–Kier alpha value is -4.68. The minimum Gasteiger partial charge on any atom is -0.508 e. The summed E-state index contributed by atoms with van der Waals surface area (Å²) in [5.74, 6) is -1.60. The summed E-state index contributed by atoms with van der Waals surface area (Å²) in [7, 11) is 0. The Labute approximate surface area is 257 Å². The van der Waals surface area contributed by atoms with Crippen LogP contribution >= 0.6 is 0 Å². The van der Waals surface area contributed by atoms with Gasteiger partial charge in [-0.15, -0.1) is 0 Å². The zero-order chi connectivity index (χ0) is 32.5. The number of rotatable bonds is 19. The third kappa shape index (κ3) is 11.9. The highest BCUT2D eigenvalue weighted by atomic mass is 16.5. The quantitative estimate of drug-likeness (QED) is 0.140. The van der Waals surface area contributed by atoms with Crippen molar-refractivity contribution in [3.8, 4) is 17.2 Å². The second-order valence-corrected chi connectivity index (χ2v) is 9.25. The van der Waals surface area contributed by atoms with Crippen LogP contribution in [0.5, 0.6) is 17.2 Å². The molecule has 0 radical (unpaired) electrons. The van der Waals surface area contributed by atoms with Crippen molar-refractivity contribution in [1.29, 1.82) is 0 Å². The normalized spacial score (nSPS) is 10.4. The highest BCUT2D eigenvalue weighted by Crippen LogP contribution is 2.33. The number of anilines is 2. The van der Waals surface area contributed by atoms with Crippen LogP contribution in [0, 0.1) is 6.92 Å². The second kappa shape index (κ2) is 18.8. The number of hydrogen-bond acceptors (Lipinski definition) is 13. The van der Waals surface area contributed by atoms with Gasteiger partial charge < -0.3 is 43.3 Å². The van der Waals surface area contributed by atoms with E-state index in [2.05, 4.69) is 0 Å². The first-order valence-electron chi connectivity index (χ1n) is 14.4. The molecule has 13 heteroatoms. The Morgan fingerprint density at radius 3 is 1.48 bits per heavy atom. The molecule has 0 aliphatic carbocycles. The Morgan fingerprint density at radius 2 is 1.02 bits per heavy atom. The van der Waals surface area contributed by atoms with Gasteiger partial charge in [0.15, 0.2) is 0 Å². The highest BCUT2D eigenvalue weighted by molar-refractivity contribution is 5.84. The molecule has 0 fully saturated rings. The third-order valence-corrected chi connectivity index (χ3v) is 5.84. The minimum absolute atomic E-state index is 0.0214. The van der Waals surface area contributed by atoms with E-state index in [1.54, 1.807) is 39.8 Å². The standard InChI is InChI=1S/C31H42N2O11/c1-6-39-28(35)18-32(19-29(36)40-7-2)24-12-10-22(5)16-27(24)44-15-14-43-26-13-11-23(34)17-25(26)33(20-30(37)41-8-3)21-31(38)42-9-4/h10-13,16-17,34H,6-9,14-15,18-21H2,1-5H3. The molecule has 0 heterocycles. The van der Waals surface area contributed by atoms with Crippen molar-refractivity contribution in [2.75, 3.05) is 75.6 Å². The van der Waals surface area contributed by atoms with Gasteiger partial charge in [0.05, 0.1) is 37.8 Å². The predicted molar refractivity (Wildman–Crippen MR) is 161 cm³/mol. The van der Waals surface area contributed by atoms with Crippen molar-refractivity contribution in [3.05, 3.63) is 42.0 Å². The van der Waals surface area contributed by atoms with Gasteiger partial charge >= 0.3 is 23.9 Å². The predicted octanol–water partition coefficient (Wildman–Crippen LogP) is 3.02. The number of hydrogen-bond donors (Lipinski definition) is 1. The van der Waals surface area contributed by atoms with E-state index < -0.39 is 23.9 Å². The number of aromatic hydroxyl groups is 1. The highest BCUT2D eigenvalue weighted by Gasteiger charge is 2.23. The lowest BCUT2D eigenvalue weighted by molar-refractivity contribution is -0.144. The van der Waals surface area contributed by atoms with E-state index in [1.165, 1.54) is 28.0 Å². The molecule has 242 valence electrons. The van der Waals surface area contributed by atoms with Crippen LogP contribution in [0.15, 0.2) is 36.4 Å². The molecule has 0 unspecified atom stereocenters. The average Bonchev–Trinajstić information content (AvgIpc) is 2.96. The lowest BCUT2D eigenvalue weighted by atomic mass is 10.2. The van der Waals surface area contributed by atoms with Crippen LogP contribution < -0.4 is 19.3 Å². The molecule has 0 aromatic heterocycles. The van der Waals surface area contributed by atoms with Gasteiger partial charge in [-0.25, -0.2) is 0 Å². The zero-order valence-electron chi connectivity index (χ0n) is 26.0. The summed E-state index contributed by atoms with van der Waals surface area (Å²) in [6.45, 7) is 8.40. The van der Waals surface area contributed by atoms with Gasteiger partial charge in [-0.2, -0.15) is 0 Å². The molecule has 0 bridgehead atoms. The number of carbonyl (C=O) groups excluding carboxylic acids is 4. The lowest BCUT2D eigenvalue weighted by Crippen LogP contribution is -2.36. The molecule has 0 saturated heterocycles. The van der Waals surface area contributed by atoms with Gasteiger partial charge in [-0.05, 0) is 64.4 Å². The van der Waals surface area contributed by atoms with Crippen LogP contribution in [0.3, 0.4) is 0 Å². The number of nitrogens with zero attached hydrogens (tertiary/aromatic N) is 2.